The van der Waals surface area contributed by atoms with Crippen LogP contribution in [-0.4, -0.2) is 23.0 Å². The molecule has 2 atom stereocenters. The molecule has 0 radical (unpaired) electrons. The molecule has 1 aromatic carbocycles. The summed E-state index contributed by atoms with van der Waals surface area (Å²) in [5, 5.41) is 0.783. The van der Waals surface area contributed by atoms with E-state index in [2.05, 4.69) is 37.8 Å². The molecule has 1 aromatic rings. The summed E-state index contributed by atoms with van der Waals surface area (Å²) in [6, 6.07) is 8.64. The number of hydrogen-bond acceptors (Lipinski definition) is 2. The van der Waals surface area contributed by atoms with E-state index in [-0.39, 0.29) is 11.6 Å². The van der Waals surface area contributed by atoms with Gasteiger partial charge in [-0.25, -0.2) is 0 Å². The van der Waals surface area contributed by atoms with Crippen LogP contribution in [0.1, 0.15) is 45.2 Å². The molecule has 0 saturated carbocycles. The van der Waals surface area contributed by atoms with Gasteiger partial charge in [0.15, 0.2) is 0 Å². The third kappa shape index (κ3) is 2.87. The van der Waals surface area contributed by atoms with Crippen molar-refractivity contribution in [1.29, 1.82) is 0 Å². The van der Waals surface area contributed by atoms with Gasteiger partial charge in [0.05, 0.1) is 6.04 Å². The second-order valence-electron chi connectivity index (χ2n) is 6.17. The van der Waals surface area contributed by atoms with Crippen molar-refractivity contribution in [2.24, 2.45) is 5.73 Å². The maximum absolute atomic E-state index is 6.36. The molecule has 0 aliphatic carbocycles. The normalized spacial score (nSPS) is 26.3. The van der Waals surface area contributed by atoms with Crippen molar-refractivity contribution in [3.05, 3.63) is 34.9 Å². The van der Waals surface area contributed by atoms with Crippen LogP contribution in [0, 0.1) is 0 Å². The summed E-state index contributed by atoms with van der Waals surface area (Å²) < 4.78 is 0. The molecule has 100 valence electrons. The third-order valence-corrected chi connectivity index (χ3v) is 4.00. The maximum atomic E-state index is 6.36. The van der Waals surface area contributed by atoms with Gasteiger partial charge in [-0.2, -0.15) is 0 Å². The number of nitrogens with zero attached hydrogens (tertiary/aromatic N) is 1. The molecule has 18 heavy (non-hydrogen) atoms. The van der Waals surface area contributed by atoms with Gasteiger partial charge in [0.1, 0.15) is 0 Å². The molecule has 1 saturated heterocycles. The zero-order chi connectivity index (χ0) is 13.3. The van der Waals surface area contributed by atoms with E-state index in [0.29, 0.717) is 6.04 Å². The van der Waals surface area contributed by atoms with Gasteiger partial charge >= 0.3 is 0 Å². The lowest BCUT2D eigenvalue weighted by molar-refractivity contribution is 0.0384. The predicted octanol–water partition coefficient (Wildman–Crippen LogP) is 3.60. The highest BCUT2D eigenvalue weighted by molar-refractivity contribution is 6.30. The van der Waals surface area contributed by atoms with Crippen molar-refractivity contribution in [2.45, 2.75) is 51.2 Å². The molecule has 2 N–H and O–H groups in total. The van der Waals surface area contributed by atoms with E-state index in [1.54, 1.807) is 0 Å². The smallest absolute Gasteiger partial charge is 0.0504 e. The largest absolute Gasteiger partial charge is 0.326 e. The predicted molar refractivity (Wildman–Crippen MR) is 77.9 cm³/mol. The Hall–Kier alpha value is -0.570. The second kappa shape index (κ2) is 5.20. The van der Waals surface area contributed by atoms with E-state index in [4.69, 9.17) is 17.3 Å². The lowest BCUT2D eigenvalue weighted by atomic mass is 9.87. The maximum Gasteiger partial charge on any atom is 0.0504 e. The number of halogens is 1. The van der Waals surface area contributed by atoms with Crippen LogP contribution in [0.25, 0.3) is 0 Å². The summed E-state index contributed by atoms with van der Waals surface area (Å²) in [4.78, 5) is 2.52. The average molecular weight is 267 g/mol. The molecule has 0 amide bonds. The molecule has 0 bridgehead atoms. The van der Waals surface area contributed by atoms with Crippen LogP contribution in [0.5, 0.6) is 0 Å². The SMILES string of the molecule is CC(C)(C)N1CCCC(N)C1c1ccc(Cl)cc1. The summed E-state index contributed by atoms with van der Waals surface area (Å²) in [7, 11) is 0. The van der Waals surface area contributed by atoms with Gasteiger partial charge in [-0.15, -0.1) is 0 Å². The lowest BCUT2D eigenvalue weighted by Crippen LogP contribution is -2.53. The van der Waals surface area contributed by atoms with Gasteiger partial charge in [0, 0.05) is 16.6 Å². The highest BCUT2D eigenvalue weighted by Crippen LogP contribution is 2.35. The van der Waals surface area contributed by atoms with Gasteiger partial charge in [-0.1, -0.05) is 23.7 Å². The van der Waals surface area contributed by atoms with E-state index in [1.165, 1.54) is 12.0 Å². The van der Waals surface area contributed by atoms with Crippen molar-refractivity contribution in [3.8, 4) is 0 Å². The van der Waals surface area contributed by atoms with Crippen molar-refractivity contribution in [1.82, 2.24) is 4.90 Å². The third-order valence-electron chi connectivity index (χ3n) is 3.75. The Labute approximate surface area is 115 Å². The van der Waals surface area contributed by atoms with Crippen LogP contribution in [0.15, 0.2) is 24.3 Å². The fourth-order valence-electron chi connectivity index (χ4n) is 2.87. The van der Waals surface area contributed by atoms with Gasteiger partial charge in [-0.05, 0) is 57.9 Å². The van der Waals surface area contributed by atoms with E-state index >= 15 is 0 Å². The summed E-state index contributed by atoms with van der Waals surface area (Å²) >= 11 is 5.97. The summed E-state index contributed by atoms with van der Waals surface area (Å²) in [6.45, 7) is 7.89. The van der Waals surface area contributed by atoms with E-state index in [1.807, 2.05) is 12.1 Å². The Bertz CT molecular complexity index is 394. The molecule has 2 unspecified atom stereocenters. The number of rotatable bonds is 1. The summed E-state index contributed by atoms with van der Waals surface area (Å²) in [5.41, 5.74) is 7.78. The van der Waals surface area contributed by atoms with Gasteiger partial charge in [-0.3, -0.25) is 4.90 Å². The van der Waals surface area contributed by atoms with Crippen molar-refractivity contribution < 1.29 is 0 Å². The first-order valence-electron chi connectivity index (χ1n) is 6.67. The van der Waals surface area contributed by atoms with Crippen LogP contribution < -0.4 is 5.73 Å². The minimum absolute atomic E-state index is 0.141. The molecule has 0 spiro atoms. The van der Waals surface area contributed by atoms with Gasteiger partial charge in [0.2, 0.25) is 0 Å². The fraction of sp³-hybridized carbons (Fsp3) is 0.600. The number of nitrogens with two attached hydrogens (primary N) is 1. The van der Waals surface area contributed by atoms with E-state index in [9.17, 15) is 0 Å². The number of likely N-dealkylation sites (tertiary alicyclic amines) is 1. The standard InChI is InChI=1S/C15H23ClN2/c1-15(2,3)18-10-4-5-13(17)14(18)11-6-8-12(16)9-7-11/h6-9,13-14H,4-5,10,17H2,1-3H3. The van der Waals surface area contributed by atoms with E-state index < -0.39 is 0 Å². The molecule has 2 rings (SSSR count). The van der Waals surface area contributed by atoms with Crippen molar-refractivity contribution >= 4 is 11.6 Å². The van der Waals surface area contributed by atoms with E-state index in [0.717, 1.165) is 18.0 Å². The molecule has 1 aliphatic heterocycles. The molecular weight excluding hydrogens is 244 g/mol. The first-order valence-corrected chi connectivity index (χ1v) is 7.05. The molecular formula is C15H23ClN2. The van der Waals surface area contributed by atoms with Crippen LogP contribution in [0.3, 0.4) is 0 Å². The Kier molecular flexibility index (Phi) is 4.00. The number of piperidine rings is 1. The summed E-state index contributed by atoms with van der Waals surface area (Å²) in [6.07, 6.45) is 2.28. The first-order chi connectivity index (χ1) is 8.39. The highest BCUT2D eigenvalue weighted by atomic mass is 35.5. The van der Waals surface area contributed by atoms with Crippen molar-refractivity contribution in [3.63, 3.8) is 0 Å². The summed E-state index contributed by atoms with van der Waals surface area (Å²) in [5.74, 6) is 0. The van der Waals surface area contributed by atoms with Crippen LogP contribution >= 0.6 is 11.6 Å². The molecule has 3 heteroatoms. The Morgan fingerprint density at radius 3 is 2.39 bits per heavy atom. The zero-order valence-electron chi connectivity index (χ0n) is 11.5. The quantitative estimate of drug-likeness (QED) is 0.842. The van der Waals surface area contributed by atoms with Crippen molar-refractivity contribution in [2.75, 3.05) is 6.54 Å². The Morgan fingerprint density at radius 2 is 1.83 bits per heavy atom. The number of benzene rings is 1. The first kappa shape index (κ1) is 13.9. The second-order valence-corrected chi connectivity index (χ2v) is 6.60. The minimum atomic E-state index is 0.141. The lowest BCUT2D eigenvalue weighted by Gasteiger charge is -2.47. The number of hydrogen-bond donors (Lipinski definition) is 1. The van der Waals surface area contributed by atoms with Crippen LogP contribution in [0.2, 0.25) is 5.02 Å². The topological polar surface area (TPSA) is 29.3 Å². The molecule has 1 aliphatic rings. The molecule has 1 fully saturated rings. The van der Waals surface area contributed by atoms with Gasteiger partial charge < -0.3 is 5.73 Å². The highest BCUT2D eigenvalue weighted by Gasteiger charge is 2.36. The minimum Gasteiger partial charge on any atom is -0.326 e. The average Bonchev–Trinajstić information content (AvgIpc) is 2.29. The van der Waals surface area contributed by atoms with Crippen LogP contribution in [0.4, 0.5) is 0 Å². The molecule has 1 heterocycles. The molecule has 2 nitrogen and oxygen atoms in total. The molecule has 0 aromatic heterocycles. The Morgan fingerprint density at radius 1 is 1.22 bits per heavy atom. The van der Waals surface area contributed by atoms with Gasteiger partial charge in [0.25, 0.3) is 0 Å². The van der Waals surface area contributed by atoms with Crippen LogP contribution in [-0.2, 0) is 0 Å². The fourth-order valence-corrected chi connectivity index (χ4v) is 2.99. The monoisotopic (exact) mass is 266 g/mol. The zero-order valence-corrected chi connectivity index (χ0v) is 12.2. The Balaban J connectivity index is 2.33.